The van der Waals surface area contributed by atoms with Crippen LogP contribution >= 0.6 is 47.8 Å². The van der Waals surface area contributed by atoms with E-state index in [1.54, 1.807) is 6.07 Å². The van der Waals surface area contributed by atoms with E-state index in [0.29, 0.717) is 14.5 Å². The van der Waals surface area contributed by atoms with Gasteiger partial charge >= 0.3 is 5.97 Å². The Hall–Kier alpha value is -0.110. The molecule has 0 bridgehead atoms. The van der Waals surface area contributed by atoms with Crippen LogP contribution in [-0.4, -0.2) is 24.2 Å². The van der Waals surface area contributed by atoms with Crippen molar-refractivity contribution in [2.75, 3.05) is 7.11 Å². The van der Waals surface area contributed by atoms with Gasteiger partial charge in [0.2, 0.25) is 0 Å². The van der Waals surface area contributed by atoms with Gasteiger partial charge in [-0.1, -0.05) is 15.9 Å². The minimum atomic E-state index is -0.770. The molecular formula is C10H10Br3NO3. The van der Waals surface area contributed by atoms with E-state index < -0.39 is 12.0 Å². The molecule has 7 heteroatoms. The summed E-state index contributed by atoms with van der Waals surface area (Å²) in [5.74, 6) is -0.425. The molecule has 94 valence electrons. The fourth-order valence-corrected chi connectivity index (χ4v) is 3.71. The molecular weight excluding hydrogens is 422 g/mol. The number of esters is 1. The fraction of sp³-hybridized carbons (Fsp3) is 0.300. The number of hydrogen-bond donors (Lipinski definition) is 2. The van der Waals surface area contributed by atoms with Crippen molar-refractivity contribution in [1.82, 2.24) is 0 Å². The van der Waals surface area contributed by atoms with Crippen LogP contribution in [0.25, 0.3) is 0 Å². The Morgan fingerprint density at radius 1 is 1.47 bits per heavy atom. The third kappa shape index (κ3) is 3.43. The molecule has 0 aliphatic carbocycles. The smallest absolute Gasteiger partial charge is 0.322 e. The number of ether oxygens (including phenoxy) is 1. The maximum absolute atomic E-state index is 11.2. The van der Waals surface area contributed by atoms with E-state index >= 15 is 0 Å². The molecule has 0 heterocycles. The number of hydrogen-bond acceptors (Lipinski definition) is 4. The number of rotatable bonds is 3. The van der Waals surface area contributed by atoms with Gasteiger partial charge in [0, 0.05) is 10.9 Å². The zero-order chi connectivity index (χ0) is 13.2. The van der Waals surface area contributed by atoms with Crippen LogP contribution in [-0.2, 0) is 16.0 Å². The summed E-state index contributed by atoms with van der Waals surface area (Å²) >= 11 is 9.82. The molecule has 1 atom stereocenters. The number of nitrogens with two attached hydrogens (primary N) is 1. The van der Waals surface area contributed by atoms with Crippen LogP contribution in [0, 0.1) is 0 Å². The lowest BCUT2D eigenvalue weighted by atomic mass is 10.1. The van der Waals surface area contributed by atoms with Gasteiger partial charge in [-0.25, -0.2) is 0 Å². The minimum absolute atomic E-state index is 0.0697. The first kappa shape index (κ1) is 14.9. The second-order valence-electron chi connectivity index (χ2n) is 3.32. The molecule has 0 radical (unpaired) electrons. The summed E-state index contributed by atoms with van der Waals surface area (Å²) in [5, 5.41) is 9.75. The maximum atomic E-state index is 11.2. The zero-order valence-electron chi connectivity index (χ0n) is 8.84. The van der Waals surface area contributed by atoms with Gasteiger partial charge in [-0.05, 0) is 43.5 Å². The highest BCUT2D eigenvalue weighted by Gasteiger charge is 2.20. The molecule has 0 aliphatic heterocycles. The maximum Gasteiger partial charge on any atom is 0.322 e. The van der Waals surface area contributed by atoms with Crippen molar-refractivity contribution in [1.29, 1.82) is 0 Å². The highest BCUT2D eigenvalue weighted by Crippen LogP contribution is 2.39. The van der Waals surface area contributed by atoms with Gasteiger partial charge in [-0.2, -0.15) is 0 Å². The fourth-order valence-electron chi connectivity index (χ4n) is 1.26. The summed E-state index contributed by atoms with van der Waals surface area (Å²) in [4.78, 5) is 11.2. The lowest BCUT2D eigenvalue weighted by Crippen LogP contribution is -2.33. The lowest BCUT2D eigenvalue weighted by Gasteiger charge is -2.14. The van der Waals surface area contributed by atoms with Gasteiger partial charge in [-0.15, -0.1) is 0 Å². The molecule has 0 aromatic heterocycles. The van der Waals surface area contributed by atoms with Crippen molar-refractivity contribution in [3.05, 3.63) is 25.0 Å². The normalized spacial score (nSPS) is 12.3. The van der Waals surface area contributed by atoms with Crippen LogP contribution in [0.1, 0.15) is 5.56 Å². The van der Waals surface area contributed by atoms with Crippen LogP contribution in [0.15, 0.2) is 19.5 Å². The second-order valence-corrected chi connectivity index (χ2v) is 5.82. The van der Waals surface area contributed by atoms with Crippen LogP contribution in [0.3, 0.4) is 0 Å². The molecule has 0 saturated heterocycles. The standard InChI is InChI=1S/C10H10Br3NO3/c1-17-10(16)7(14)2-4-5(11)3-6(12)9(15)8(4)13/h3,7,15H,2,14H2,1H3. The number of phenols is 1. The van der Waals surface area contributed by atoms with Crippen molar-refractivity contribution in [3.63, 3.8) is 0 Å². The Kier molecular flexibility index (Phi) is 5.43. The molecule has 0 aliphatic rings. The Balaban J connectivity index is 3.07. The molecule has 0 spiro atoms. The third-order valence-electron chi connectivity index (χ3n) is 2.17. The summed E-state index contributed by atoms with van der Waals surface area (Å²) < 4.78 is 6.34. The lowest BCUT2D eigenvalue weighted by molar-refractivity contribution is -0.142. The van der Waals surface area contributed by atoms with E-state index in [2.05, 4.69) is 52.5 Å². The van der Waals surface area contributed by atoms with Crippen molar-refractivity contribution in [2.24, 2.45) is 5.73 Å². The molecule has 1 rings (SSSR count). The zero-order valence-corrected chi connectivity index (χ0v) is 13.6. The van der Waals surface area contributed by atoms with Crippen molar-refractivity contribution in [3.8, 4) is 5.75 Å². The Labute approximate surface area is 124 Å². The van der Waals surface area contributed by atoms with Crippen LogP contribution < -0.4 is 5.73 Å². The Bertz CT molecular complexity index is 451. The van der Waals surface area contributed by atoms with Gasteiger partial charge in [0.05, 0.1) is 16.1 Å². The molecule has 0 saturated carbocycles. The van der Waals surface area contributed by atoms with Crippen molar-refractivity contribution >= 4 is 53.8 Å². The van der Waals surface area contributed by atoms with Gasteiger partial charge in [0.25, 0.3) is 0 Å². The molecule has 17 heavy (non-hydrogen) atoms. The number of carbonyl (C=O) groups is 1. The number of carbonyl (C=O) groups excluding carboxylic acids is 1. The Morgan fingerprint density at radius 3 is 2.59 bits per heavy atom. The molecule has 4 nitrogen and oxygen atoms in total. The van der Waals surface area contributed by atoms with Gasteiger partial charge < -0.3 is 15.6 Å². The average Bonchev–Trinajstić information content (AvgIpc) is 2.30. The van der Waals surface area contributed by atoms with E-state index in [-0.39, 0.29) is 12.2 Å². The highest BCUT2D eigenvalue weighted by atomic mass is 79.9. The predicted molar refractivity (Wildman–Crippen MR) is 74.9 cm³/mol. The van der Waals surface area contributed by atoms with Crippen molar-refractivity contribution < 1.29 is 14.6 Å². The number of aromatic hydroxyl groups is 1. The van der Waals surface area contributed by atoms with E-state index in [1.165, 1.54) is 7.11 Å². The number of phenolic OH excluding ortho intramolecular Hbond substituents is 1. The summed E-state index contributed by atoms with van der Waals surface area (Å²) in [6, 6.07) is 0.924. The van der Waals surface area contributed by atoms with E-state index in [9.17, 15) is 9.90 Å². The summed E-state index contributed by atoms with van der Waals surface area (Å²) in [7, 11) is 1.28. The first-order valence-electron chi connectivity index (χ1n) is 4.57. The third-order valence-corrected chi connectivity index (χ3v) is 4.33. The van der Waals surface area contributed by atoms with E-state index in [1.807, 2.05) is 0 Å². The van der Waals surface area contributed by atoms with Crippen molar-refractivity contribution in [2.45, 2.75) is 12.5 Å². The second kappa shape index (κ2) is 6.17. The van der Waals surface area contributed by atoms with Crippen LogP contribution in [0.4, 0.5) is 0 Å². The first-order valence-corrected chi connectivity index (χ1v) is 6.95. The summed E-state index contributed by atoms with van der Waals surface area (Å²) in [6.45, 7) is 0. The number of methoxy groups -OCH3 is 1. The largest absolute Gasteiger partial charge is 0.506 e. The quantitative estimate of drug-likeness (QED) is 0.722. The monoisotopic (exact) mass is 429 g/mol. The van der Waals surface area contributed by atoms with E-state index in [4.69, 9.17) is 5.73 Å². The molecule has 0 fully saturated rings. The Morgan fingerprint density at radius 2 is 2.06 bits per heavy atom. The van der Waals surface area contributed by atoms with Crippen LogP contribution in [0.5, 0.6) is 5.75 Å². The number of benzene rings is 1. The average molecular weight is 432 g/mol. The van der Waals surface area contributed by atoms with Crippen LogP contribution in [0.2, 0.25) is 0 Å². The molecule has 1 aromatic carbocycles. The van der Waals surface area contributed by atoms with Gasteiger partial charge in [0.15, 0.2) is 0 Å². The van der Waals surface area contributed by atoms with E-state index in [0.717, 1.165) is 4.47 Å². The topological polar surface area (TPSA) is 72.5 Å². The summed E-state index contributed by atoms with van der Waals surface area (Å²) in [6.07, 6.45) is 0.259. The SMILES string of the molecule is COC(=O)C(N)Cc1c(Br)cc(Br)c(O)c1Br. The molecule has 0 amide bonds. The van der Waals surface area contributed by atoms with Gasteiger partial charge in [-0.3, -0.25) is 4.79 Å². The molecule has 1 aromatic rings. The predicted octanol–water partition coefficient (Wildman–Crippen LogP) is 2.72. The van der Waals surface area contributed by atoms with Gasteiger partial charge in [0.1, 0.15) is 11.8 Å². The molecule has 3 N–H and O–H groups in total. The summed E-state index contributed by atoms with van der Waals surface area (Å²) in [5.41, 5.74) is 6.39. The highest BCUT2D eigenvalue weighted by molar-refractivity contribution is 9.11. The first-order chi connectivity index (χ1) is 7.88. The number of halogens is 3. The molecule has 1 unspecified atom stereocenters. The minimum Gasteiger partial charge on any atom is -0.506 e.